The van der Waals surface area contributed by atoms with Crippen molar-refractivity contribution in [2.75, 3.05) is 32.6 Å². The number of rotatable bonds is 7. The van der Waals surface area contributed by atoms with Crippen LogP contribution in [0.5, 0.6) is 0 Å². The van der Waals surface area contributed by atoms with Crippen molar-refractivity contribution in [2.45, 2.75) is 31.6 Å². The van der Waals surface area contributed by atoms with Crippen LogP contribution in [0.15, 0.2) is 0 Å². The van der Waals surface area contributed by atoms with E-state index in [1.54, 1.807) is 16.7 Å². The number of carboxylic acids is 1. The van der Waals surface area contributed by atoms with Crippen molar-refractivity contribution in [2.24, 2.45) is 5.92 Å². The number of likely N-dealkylation sites (N-methyl/N-ethyl adjacent to an activating group) is 1. The molecule has 1 aliphatic heterocycles. The molecule has 0 bridgehead atoms. The molecule has 20 heavy (non-hydrogen) atoms. The van der Waals surface area contributed by atoms with Crippen LogP contribution in [0, 0.1) is 5.92 Å². The molecule has 6 nitrogen and oxygen atoms in total. The van der Waals surface area contributed by atoms with Crippen molar-refractivity contribution in [3.05, 3.63) is 0 Å². The van der Waals surface area contributed by atoms with Gasteiger partial charge in [-0.15, -0.1) is 0 Å². The Kier molecular flexibility index (Phi) is 7.15. The zero-order valence-corrected chi connectivity index (χ0v) is 13.1. The van der Waals surface area contributed by atoms with Crippen LogP contribution in [0.2, 0.25) is 0 Å². The predicted octanol–water partition coefficient (Wildman–Crippen LogP) is 1.26. The number of nitrogens with zero attached hydrogens (tertiary/aromatic N) is 1. The van der Waals surface area contributed by atoms with Crippen LogP contribution in [0.25, 0.3) is 0 Å². The zero-order chi connectivity index (χ0) is 15.1. The highest BCUT2D eigenvalue weighted by molar-refractivity contribution is 7.99. The first-order valence-corrected chi connectivity index (χ1v) is 8.17. The number of hydrogen-bond donors (Lipinski definition) is 2. The van der Waals surface area contributed by atoms with E-state index in [0.29, 0.717) is 24.9 Å². The maximum Gasteiger partial charge on any atom is 0.317 e. The number of urea groups is 1. The Morgan fingerprint density at radius 1 is 1.50 bits per heavy atom. The highest BCUT2D eigenvalue weighted by Gasteiger charge is 2.39. The van der Waals surface area contributed by atoms with Gasteiger partial charge in [-0.3, -0.25) is 4.79 Å². The summed E-state index contributed by atoms with van der Waals surface area (Å²) in [6.07, 6.45) is 2.94. The summed E-state index contributed by atoms with van der Waals surface area (Å²) in [6.45, 7) is 5.50. The molecule has 0 radical (unpaired) electrons. The molecule has 1 rings (SSSR count). The molecule has 0 spiro atoms. The Morgan fingerprint density at radius 3 is 2.75 bits per heavy atom. The second kappa shape index (κ2) is 8.36. The van der Waals surface area contributed by atoms with Crippen LogP contribution in [-0.2, 0) is 9.53 Å². The quantitative estimate of drug-likeness (QED) is 0.740. The summed E-state index contributed by atoms with van der Waals surface area (Å²) in [5.74, 6) is -1.54. The molecule has 2 amide bonds. The van der Waals surface area contributed by atoms with E-state index in [0.717, 1.165) is 6.42 Å². The lowest BCUT2D eigenvalue weighted by Crippen LogP contribution is -2.50. The highest BCUT2D eigenvalue weighted by atomic mass is 32.2. The van der Waals surface area contributed by atoms with Crippen molar-refractivity contribution in [3.63, 3.8) is 0 Å². The lowest BCUT2D eigenvalue weighted by molar-refractivity contribution is -0.142. The van der Waals surface area contributed by atoms with Gasteiger partial charge < -0.3 is 20.1 Å². The fourth-order valence-electron chi connectivity index (χ4n) is 2.22. The number of thioether (sulfide) groups is 1. The third kappa shape index (κ3) is 4.56. The van der Waals surface area contributed by atoms with E-state index in [9.17, 15) is 9.59 Å². The SMILES string of the molecule is CCN(C(=O)NCCC(C)SC)C1COCC1C(=O)O. The average Bonchev–Trinajstić information content (AvgIpc) is 2.88. The Hall–Kier alpha value is -0.950. The fraction of sp³-hybridized carbons (Fsp3) is 0.846. The van der Waals surface area contributed by atoms with Gasteiger partial charge in [0, 0.05) is 18.3 Å². The summed E-state index contributed by atoms with van der Waals surface area (Å²) in [5, 5.41) is 12.5. The van der Waals surface area contributed by atoms with Gasteiger partial charge in [-0.05, 0) is 19.6 Å². The van der Waals surface area contributed by atoms with Crippen molar-refractivity contribution < 1.29 is 19.4 Å². The molecule has 116 valence electrons. The summed E-state index contributed by atoms with van der Waals surface area (Å²) in [7, 11) is 0. The second-order valence-electron chi connectivity index (χ2n) is 4.90. The van der Waals surface area contributed by atoms with Crippen molar-refractivity contribution in [1.82, 2.24) is 10.2 Å². The first-order valence-electron chi connectivity index (χ1n) is 6.89. The molecular formula is C13H24N2O4S. The zero-order valence-electron chi connectivity index (χ0n) is 12.3. The van der Waals surface area contributed by atoms with Crippen LogP contribution in [0.1, 0.15) is 20.3 Å². The topological polar surface area (TPSA) is 78.9 Å². The van der Waals surface area contributed by atoms with Gasteiger partial charge in [0.05, 0.1) is 19.3 Å². The van der Waals surface area contributed by atoms with Crippen LogP contribution >= 0.6 is 11.8 Å². The number of amides is 2. The van der Waals surface area contributed by atoms with Crippen molar-refractivity contribution in [3.8, 4) is 0 Å². The third-order valence-electron chi connectivity index (χ3n) is 3.60. The molecule has 0 aromatic heterocycles. The maximum absolute atomic E-state index is 12.2. The summed E-state index contributed by atoms with van der Waals surface area (Å²) in [4.78, 5) is 24.9. The minimum atomic E-state index is -0.908. The molecule has 0 aromatic rings. The number of nitrogens with one attached hydrogen (secondary N) is 1. The van der Waals surface area contributed by atoms with Gasteiger partial charge in [0.25, 0.3) is 0 Å². The molecule has 0 aliphatic carbocycles. The van der Waals surface area contributed by atoms with E-state index >= 15 is 0 Å². The average molecular weight is 304 g/mol. The Balaban J connectivity index is 2.52. The molecule has 1 aliphatic rings. The van der Waals surface area contributed by atoms with E-state index in [1.807, 2.05) is 13.2 Å². The van der Waals surface area contributed by atoms with E-state index in [4.69, 9.17) is 9.84 Å². The molecule has 3 unspecified atom stereocenters. The predicted molar refractivity (Wildman–Crippen MR) is 79.1 cm³/mol. The number of hydrogen-bond acceptors (Lipinski definition) is 4. The molecular weight excluding hydrogens is 280 g/mol. The lowest BCUT2D eigenvalue weighted by Gasteiger charge is -2.29. The number of carbonyl (C=O) groups is 2. The summed E-state index contributed by atoms with van der Waals surface area (Å²) in [6, 6.07) is -0.585. The summed E-state index contributed by atoms with van der Waals surface area (Å²) in [5.41, 5.74) is 0. The van der Waals surface area contributed by atoms with Gasteiger partial charge >= 0.3 is 12.0 Å². The Morgan fingerprint density at radius 2 is 2.20 bits per heavy atom. The van der Waals surface area contributed by atoms with Crippen LogP contribution in [0.3, 0.4) is 0 Å². The van der Waals surface area contributed by atoms with Crippen LogP contribution in [0.4, 0.5) is 4.79 Å². The maximum atomic E-state index is 12.2. The minimum Gasteiger partial charge on any atom is -0.481 e. The number of ether oxygens (including phenoxy) is 1. The van der Waals surface area contributed by atoms with E-state index in [2.05, 4.69) is 12.2 Å². The van der Waals surface area contributed by atoms with Crippen molar-refractivity contribution >= 4 is 23.8 Å². The molecule has 7 heteroatoms. The van der Waals surface area contributed by atoms with E-state index in [1.165, 1.54) is 0 Å². The Bertz CT molecular complexity index is 340. The number of aliphatic carboxylic acids is 1. The standard InChI is InChI=1S/C13H24N2O4S/c1-4-15(11-8-19-7-10(11)12(16)17)13(18)14-6-5-9(2)20-3/h9-11H,4-8H2,1-3H3,(H,14,18)(H,16,17). The molecule has 1 heterocycles. The molecule has 0 saturated carbocycles. The molecule has 0 aromatic carbocycles. The van der Waals surface area contributed by atoms with E-state index in [-0.39, 0.29) is 18.7 Å². The highest BCUT2D eigenvalue weighted by Crippen LogP contribution is 2.20. The third-order valence-corrected chi connectivity index (χ3v) is 4.64. The van der Waals surface area contributed by atoms with Crippen LogP contribution in [-0.4, -0.2) is 65.9 Å². The van der Waals surface area contributed by atoms with Gasteiger partial charge in [-0.25, -0.2) is 4.79 Å². The largest absolute Gasteiger partial charge is 0.481 e. The van der Waals surface area contributed by atoms with Crippen LogP contribution < -0.4 is 5.32 Å². The second-order valence-corrected chi connectivity index (χ2v) is 6.18. The first kappa shape index (κ1) is 17.1. The van der Waals surface area contributed by atoms with E-state index < -0.39 is 11.9 Å². The molecule has 1 fully saturated rings. The van der Waals surface area contributed by atoms with Gasteiger partial charge in [0.15, 0.2) is 0 Å². The normalized spacial score (nSPS) is 23.4. The first-order chi connectivity index (χ1) is 9.51. The summed E-state index contributed by atoms with van der Waals surface area (Å²) < 4.78 is 5.22. The monoisotopic (exact) mass is 304 g/mol. The van der Waals surface area contributed by atoms with Gasteiger partial charge in [-0.1, -0.05) is 6.92 Å². The van der Waals surface area contributed by atoms with Crippen molar-refractivity contribution in [1.29, 1.82) is 0 Å². The molecule has 3 atom stereocenters. The van der Waals surface area contributed by atoms with Gasteiger partial charge in [0.1, 0.15) is 5.92 Å². The molecule has 1 saturated heterocycles. The van der Waals surface area contributed by atoms with Gasteiger partial charge in [0.2, 0.25) is 0 Å². The number of carbonyl (C=O) groups excluding carboxylic acids is 1. The smallest absolute Gasteiger partial charge is 0.317 e. The minimum absolute atomic E-state index is 0.174. The fourth-order valence-corrected chi connectivity index (χ4v) is 2.57. The lowest BCUT2D eigenvalue weighted by atomic mass is 10.0. The van der Waals surface area contributed by atoms with Gasteiger partial charge in [-0.2, -0.15) is 11.8 Å². The summed E-state index contributed by atoms with van der Waals surface area (Å²) >= 11 is 1.76. The molecule has 2 N–H and O–H groups in total. The number of carboxylic acid groups (broad SMARTS) is 1. The Labute approximate surface area is 124 Å².